The first kappa shape index (κ1) is 16.7. The van der Waals surface area contributed by atoms with Crippen LogP contribution in [0.4, 0.5) is 0 Å². The molecule has 2 aromatic carbocycles. The number of hydrogen-bond donors (Lipinski definition) is 1. The second kappa shape index (κ2) is 8.08. The predicted octanol–water partition coefficient (Wildman–Crippen LogP) is 3.01. The highest BCUT2D eigenvalue weighted by Crippen LogP contribution is 2.13. The van der Waals surface area contributed by atoms with Gasteiger partial charge in [-0.3, -0.25) is 9.69 Å². The average Bonchev–Trinajstić information content (AvgIpc) is 2.64. The van der Waals surface area contributed by atoms with E-state index in [4.69, 9.17) is 4.74 Å². The van der Waals surface area contributed by atoms with E-state index in [-0.39, 0.29) is 11.9 Å². The molecule has 1 aliphatic heterocycles. The predicted molar refractivity (Wildman–Crippen MR) is 94.9 cm³/mol. The Morgan fingerprint density at radius 2 is 1.75 bits per heavy atom. The fourth-order valence-electron chi connectivity index (χ4n) is 2.88. The zero-order chi connectivity index (χ0) is 16.8. The fraction of sp³-hybridized carbons (Fsp3) is 0.350. The molecule has 0 aliphatic carbocycles. The van der Waals surface area contributed by atoms with Crippen molar-refractivity contribution in [2.24, 2.45) is 0 Å². The largest absolute Gasteiger partial charge is 0.379 e. The second-order valence-electron chi connectivity index (χ2n) is 6.19. The van der Waals surface area contributed by atoms with Gasteiger partial charge < -0.3 is 10.1 Å². The van der Waals surface area contributed by atoms with Crippen molar-refractivity contribution in [1.29, 1.82) is 0 Å². The molecule has 1 heterocycles. The lowest BCUT2D eigenvalue weighted by Crippen LogP contribution is -2.35. The van der Waals surface area contributed by atoms with E-state index in [1.165, 1.54) is 5.56 Å². The van der Waals surface area contributed by atoms with Crippen molar-refractivity contribution >= 4 is 5.91 Å². The molecule has 1 saturated heterocycles. The Labute approximate surface area is 143 Å². The minimum Gasteiger partial charge on any atom is -0.379 e. The molecule has 0 radical (unpaired) electrons. The molecule has 1 amide bonds. The standard InChI is InChI=1S/C20H24N2O2/c1-16(18-5-3-2-4-6-18)21-20(23)19-9-7-17(8-10-19)15-22-11-13-24-14-12-22/h2-10,16H,11-15H2,1H3,(H,21,23). The summed E-state index contributed by atoms with van der Waals surface area (Å²) in [6.45, 7) is 6.45. The van der Waals surface area contributed by atoms with Crippen LogP contribution >= 0.6 is 0 Å². The van der Waals surface area contributed by atoms with Gasteiger partial charge in [-0.05, 0) is 30.2 Å². The fourth-order valence-corrected chi connectivity index (χ4v) is 2.88. The van der Waals surface area contributed by atoms with Crippen molar-refractivity contribution in [3.8, 4) is 0 Å². The Kier molecular flexibility index (Phi) is 5.62. The summed E-state index contributed by atoms with van der Waals surface area (Å²) in [5.74, 6) is -0.0377. The summed E-state index contributed by atoms with van der Waals surface area (Å²) in [4.78, 5) is 14.8. The lowest BCUT2D eigenvalue weighted by Gasteiger charge is -2.26. The quantitative estimate of drug-likeness (QED) is 0.919. The number of rotatable bonds is 5. The average molecular weight is 324 g/mol. The van der Waals surface area contributed by atoms with Crippen LogP contribution in [-0.2, 0) is 11.3 Å². The minimum absolute atomic E-state index is 0.00766. The van der Waals surface area contributed by atoms with Crippen LogP contribution in [0.5, 0.6) is 0 Å². The number of carbonyl (C=O) groups is 1. The van der Waals surface area contributed by atoms with Gasteiger partial charge in [-0.15, -0.1) is 0 Å². The van der Waals surface area contributed by atoms with Crippen LogP contribution in [0.3, 0.4) is 0 Å². The van der Waals surface area contributed by atoms with Crippen LogP contribution in [0, 0.1) is 0 Å². The third-order valence-electron chi connectivity index (χ3n) is 4.37. The number of ether oxygens (including phenoxy) is 1. The van der Waals surface area contributed by atoms with Crippen LogP contribution < -0.4 is 5.32 Å². The third kappa shape index (κ3) is 4.43. The van der Waals surface area contributed by atoms with Gasteiger partial charge in [0, 0.05) is 25.2 Å². The molecule has 3 rings (SSSR count). The third-order valence-corrected chi connectivity index (χ3v) is 4.37. The molecule has 24 heavy (non-hydrogen) atoms. The molecule has 1 fully saturated rings. The van der Waals surface area contributed by atoms with E-state index in [0.29, 0.717) is 5.56 Å². The van der Waals surface area contributed by atoms with Gasteiger partial charge in [0.25, 0.3) is 5.91 Å². The molecular weight excluding hydrogens is 300 g/mol. The summed E-state index contributed by atoms with van der Waals surface area (Å²) in [6, 6.07) is 17.9. The van der Waals surface area contributed by atoms with E-state index in [2.05, 4.69) is 10.2 Å². The zero-order valence-electron chi connectivity index (χ0n) is 14.1. The van der Waals surface area contributed by atoms with Gasteiger partial charge in [0.2, 0.25) is 0 Å². The summed E-state index contributed by atoms with van der Waals surface area (Å²) in [5.41, 5.74) is 3.03. The van der Waals surface area contributed by atoms with Crippen LogP contribution in [0.2, 0.25) is 0 Å². The molecule has 0 spiro atoms. The van der Waals surface area contributed by atoms with Crippen molar-refractivity contribution in [3.05, 3.63) is 71.3 Å². The van der Waals surface area contributed by atoms with Crippen LogP contribution in [0.25, 0.3) is 0 Å². The maximum atomic E-state index is 12.4. The first-order valence-electron chi connectivity index (χ1n) is 8.47. The van der Waals surface area contributed by atoms with Crippen LogP contribution in [0.15, 0.2) is 54.6 Å². The van der Waals surface area contributed by atoms with E-state index >= 15 is 0 Å². The molecule has 4 heteroatoms. The molecule has 2 aromatic rings. The molecule has 1 atom stereocenters. The highest BCUT2D eigenvalue weighted by atomic mass is 16.5. The van der Waals surface area contributed by atoms with Gasteiger partial charge in [-0.25, -0.2) is 0 Å². The van der Waals surface area contributed by atoms with Crippen molar-refractivity contribution in [1.82, 2.24) is 10.2 Å². The van der Waals surface area contributed by atoms with E-state index in [1.807, 2.05) is 61.5 Å². The monoisotopic (exact) mass is 324 g/mol. The molecular formula is C20H24N2O2. The summed E-state index contributed by atoms with van der Waals surface area (Å²) < 4.78 is 5.37. The Bertz CT molecular complexity index is 649. The van der Waals surface area contributed by atoms with E-state index in [1.54, 1.807) is 0 Å². The zero-order valence-corrected chi connectivity index (χ0v) is 14.1. The Hall–Kier alpha value is -2.17. The summed E-state index contributed by atoms with van der Waals surface area (Å²) in [5, 5.41) is 3.05. The molecule has 4 nitrogen and oxygen atoms in total. The smallest absolute Gasteiger partial charge is 0.251 e. The van der Waals surface area contributed by atoms with Crippen LogP contribution in [0.1, 0.15) is 34.5 Å². The molecule has 1 N–H and O–H groups in total. The Balaban J connectivity index is 1.57. The second-order valence-corrected chi connectivity index (χ2v) is 6.19. The van der Waals surface area contributed by atoms with Gasteiger partial charge >= 0.3 is 0 Å². The van der Waals surface area contributed by atoms with Gasteiger partial charge in [0.15, 0.2) is 0 Å². The SMILES string of the molecule is CC(NC(=O)c1ccc(CN2CCOCC2)cc1)c1ccccc1. The number of amides is 1. The molecule has 0 bridgehead atoms. The van der Waals surface area contributed by atoms with Crippen molar-refractivity contribution in [2.75, 3.05) is 26.3 Å². The summed E-state index contributed by atoms with van der Waals surface area (Å²) in [6.07, 6.45) is 0. The number of nitrogens with one attached hydrogen (secondary N) is 1. The number of nitrogens with zero attached hydrogens (tertiary/aromatic N) is 1. The van der Waals surface area contributed by atoms with E-state index < -0.39 is 0 Å². The molecule has 126 valence electrons. The molecule has 0 aromatic heterocycles. The molecule has 1 unspecified atom stereocenters. The number of benzene rings is 2. The van der Waals surface area contributed by atoms with Gasteiger partial charge in [-0.1, -0.05) is 42.5 Å². The molecule has 1 aliphatic rings. The lowest BCUT2D eigenvalue weighted by atomic mass is 10.1. The van der Waals surface area contributed by atoms with Crippen molar-refractivity contribution < 1.29 is 9.53 Å². The Morgan fingerprint density at radius 1 is 1.08 bits per heavy atom. The van der Waals surface area contributed by atoms with Crippen LogP contribution in [-0.4, -0.2) is 37.1 Å². The number of hydrogen-bond acceptors (Lipinski definition) is 3. The van der Waals surface area contributed by atoms with Gasteiger partial charge in [-0.2, -0.15) is 0 Å². The molecule has 0 saturated carbocycles. The number of carbonyl (C=O) groups excluding carboxylic acids is 1. The van der Waals surface area contributed by atoms with Crippen molar-refractivity contribution in [3.63, 3.8) is 0 Å². The van der Waals surface area contributed by atoms with Crippen molar-refractivity contribution in [2.45, 2.75) is 19.5 Å². The maximum absolute atomic E-state index is 12.4. The summed E-state index contributed by atoms with van der Waals surface area (Å²) in [7, 11) is 0. The number of morpholine rings is 1. The highest BCUT2D eigenvalue weighted by Gasteiger charge is 2.13. The topological polar surface area (TPSA) is 41.6 Å². The first-order chi connectivity index (χ1) is 11.7. The van der Waals surface area contributed by atoms with Gasteiger partial charge in [0.05, 0.1) is 19.3 Å². The maximum Gasteiger partial charge on any atom is 0.251 e. The Morgan fingerprint density at radius 3 is 2.42 bits per heavy atom. The lowest BCUT2D eigenvalue weighted by molar-refractivity contribution is 0.0342. The first-order valence-corrected chi connectivity index (χ1v) is 8.47. The highest BCUT2D eigenvalue weighted by molar-refractivity contribution is 5.94. The normalized spacial score (nSPS) is 16.5. The van der Waals surface area contributed by atoms with E-state index in [9.17, 15) is 4.79 Å². The van der Waals surface area contributed by atoms with Gasteiger partial charge in [0.1, 0.15) is 0 Å². The summed E-state index contributed by atoms with van der Waals surface area (Å²) >= 11 is 0. The minimum atomic E-state index is -0.0377. The van der Waals surface area contributed by atoms with E-state index in [0.717, 1.165) is 38.4 Å².